The highest BCUT2D eigenvalue weighted by Gasteiger charge is 2.35. The van der Waals surface area contributed by atoms with Crippen molar-refractivity contribution in [2.75, 3.05) is 5.32 Å². The maximum absolute atomic E-state index is 13.7. The van der Waals surface area contributed by atoms with Crippen molar-refractivity contribution in [3.8, 4) is 11.8 Å². The Bertz CT molecular complexity index is 1300. The number of hydrogen-bond donors (Lipinski definition) is 1. The summed E-state index contributed by atoms with van der Waals surface area (Å²) in [4.78, 5) is 34.5. The van der Waals surface area contributed by atoms with Crippen LogP contribution in [-0.4, -0.2) is 32.9 Å². The van der Waals surface area contributed by atoms with Crippen LogP contribution < -0.4 is 10.1 Å². The Hall–Kier alpha value is -4.07. The van der Waals surface area contributed by atoms with Gasteiger partial charge in [-0.2, -0.15) is 18.2 Å². The molecule has 2 amide bonds. The first kappa shape index (κ1) is 26.5. The van der Waals surface area contributed by atoms with Crippen molar-refractivity contribution in [2.45, 2.75) is 26.1 Å². The van der Waals surface area contributed by atoms with Gasteiger partial charge in [0.1, 0.15) is 16.9 Å². The zero-order valence-electron chi connectivity index (χ0n) is 18.6. The number of nitro benzene ring substituents is 1. The molecule has 3 aromatic rings. The summed E-state index contributed by atoms with van der Waals surface area (Å²) in [5, 5.41) is 13.6. The monoisotopic (exact) mass is 567 g/mol. The highest BCUT2D eigenvalue weighted by molar-refractivity contribution is 9.10. The molecule has 1 N–H and O–H groups in total. The Morgan fingerprint density at radius 1 is 1.17 bits per heavy atom. The fourth-order valence-electron chi connectivity index (χ4n) is 2.80. The Balaban J connectivity index is 1.91. The predicted octanol–water partition coefficient (Wildman–Crippen LogP) is 6.36. The van der Waals surface area contributed by atoms with Gasteiger partial charge in [0.2, 0.25) is 5.90 Å². The van der Waals surface area contributed by atoms with Gasteiger partial charge in [0.05, 0.1) is 15.5 Å². The minimum absolute atomic E-state index is 0.0689. The molecule has 1 aromatic heterocycles. The molecule has 0 saturated heterocycles. The molecule has 0 aliphatic heterocycles. The number of benzene rings is 2. The van der Waals surface area contributed by atoms with Gasteiger partial charge in [-0.25, -0.2) is 14.8 Å². The number of alkyl halides is 3. The first-order valence-electron chi connectivity index (χ1n) is 10.1. The van der Waals surface area contributed by atoms with Crippen molar-refractivity contribution in [1.29, 1.82) is 0 Å². The number of urea groups is 1. The number of aliphatic imine (C=N–C) groups is 1. The molecule has 0 unspecified atom stereocenters. The molecule has 0 aliphatic rings. The summed E-state index contributed by atoms with van der Waals surface area (Å²) in [6.07, 6.45) is -2.75. The number of nitrogens with one attached hydrogen (secondary N) is 1. The van der Waals surface area contributed by atoms with Crippen molar-refractivity contribution < 1.29 is 32.4 Å². The Morgan fingerprint density at radius 3 is 2.44 bits per heavy atom. The summed E-state index contributed by atoms with van der Waals surface area (Å²) in [5.74, 6) is -0.951. The summed E-state index contributed by atoms with van der Waals surface area (Å²) in [6, 6.07) is 6.83. The van der Waals surface area contributed by atoms with E-state index in [1.165, 1.54) is 36.7 Å². The third-order valence-electron chi connectivity index (χ3n) is 4.22. The molecule has 0 fully saturated rings. The van der Waals surface area contributed by atoms with E-state index in [1.54, 1.807) is 13.8 Å². The molecular weight excluding hydrogens is 551 g/mol. The standard InChI is InChI=1S/C22H17BrF3N5O5/c1-12(2)35-19(15-5-3-4-6-17(15)31(33)34)30-20(32)29-14-7-8-18(16(9-14)22(24,25)26)36-21-27-10-13(23)11-28-21/h3-12H,1-2H3,(H,29,32)/b30-19+. The molecular formula is C22H17BrF3N5O5. The molecule has 188 valence electrons. The Labute approximate surface area is 210 Å². The number of para-hydroxylation sites is 1. The number of amides is 2. The summed E-state index contributed by atoms with van der Waals surface area (Å²) >= 11 is 3.11. The van der Waals surface area contributed by atoms with Crippen LogP contribution in [0.5, 0.6) is 11.8 Å². The largest absolute Gasteiger partial charge is 0.474 e. The molecule has 3 rings (SSSR count). The fraction of sp³-hybridized carbons (Fsp3) is 0.182. The molecule has 1 heterocycles. The van der Waals surface area contributed by atoms with Crippen LogP contribution in [0.15, 0.2) is 64.3 Å². The summed E-state index contributed by atoms with van der Waals surface area (Å²) in [7, 11) is 0. The third kappa shape index (κ3) is 6.97. The first-order valence-corrected chi connectivity index (χ1v) is 10.9. The van der Waals surface area contributed by atoms with E-state index >= 15 is 0 Å². The van der Waals surface area contributed by atoms with Crippen molar-refractivity contribution in [3.63, 3.8) is 0 Å². The van der Waals surface area contributed by atoms with Crippen LogP contribution in [0.4, 0.5) is 29.3 Å². The second-order valence-corrected chi connectivity index (χ2v) is 8.20. The molecule has 14 heteroatoms. The lowest BCUT2D eigenvalue weighted by Gasteiger charge is -2.15. The minimum Gasteiger partial charge on any atom is -0.474 e. The smallest absolute Gasteiger partial charge is 0.420 e. The third-order valence-corrected chi connectivity index (χ3v) is 4.63. The molecule has 0 saturated carbocycles. The van der Waals surface area contributed by atoms with E-state index in [-0.39, 0.29) is 28.8 Å². The van der Waals surface area contributed by atoms with Crippen molar-refractivity contribution in [2.24, 2.45) is 4.99 Å². The van der Waals surface area contributed by atoms with E-state index in [4.69, 9.17) is 9.47 Å². The summed E-state index contributed by atoms with van der Waals surface area (Å²) < 4.78 is 52.2. The summed E-state index contributed by atoms with van der Waals surface area (Å²) in [5.41, 5.74) is -1.89. The lowest BCUT2D eigenvalue weighted by Crippen LogP contribution is -2.18. The molecule has 0 radical (unpaired) electrons. The zero-order chi connectivity index (χ0) is 26.5. The maximum Gasteiger partial charge on any atom is 0.420 e. The van der Waals surface area contributed by atoms with Gasteiger partial charge in [0.15, 0.2) is 0 Å². The predicted molar refractivity (Wildman–Crippen MR) is 126 cm³/mol. The number of halogens is 4. The minimum atomic E-state index is -4.84. The number of aromatic nitrogens is 2. The lowest BCUT2D eigenvalue weighted by atomic mass is 10.1. The Morgan fingerprint density at radius 2 is 1.83 bits per heavy atom. The van der Waals surface area contributed by atoms with E-state index in [9.17, 15) is 28.1 Å². The van der Waals surface area contributed by atoms with Gasteiger partial charge in [-0.05, 0) is 54.0 Å². The molecule has 2 aromatic carbocycles. The van der Waals surface area contributed by atoms with Crippen molar-refractivity contribution in [1.82, 2.24) is 9.97 Å². The topological polar surface area (TPSA) is 129 Å². The number of nitro groups is 1. The van der Waals surface area contributed by atoms with Gasteiger partial charge in [-0.3, -0.25) is 10.1 Å². The van der Waals surface area contributed by atoms with Crippen LogP contribution >= 0.6 is 15.9 Å². The van der Waals surface area contributed by atoms with Crippen LogP contribution in [0.1, 0.15) is 25.0 Å². The normalized spacial score (nSPS) is 11.8. The molecule has 0 bridgehead atoms. The van der Waals surface area contributed by atoms with Crippen LogP contribution in [0.25, 0.3) is 0 Å². The van der Waals surface area contributed by atoms with E-state index in [1.807, 2.05) is 0 Å². The number of hydrogen-bond acceptors (Lipinski definition) is 7. The second-order valence-electron chi connectivity index (χ2n) is 7.28. The summed E-state index contributed by atoms with van der Waals surface area (Å²) in [6.45, 7) is 3.23. The molecule has 10 nitrogen and oxygen atoms in total. The van der Waals surface area contributed by atoms with Gasteiger partial charge in [0, 0.05) is 24.1 Å². The van der Waals surface area contributed by atoms with E-state index in [0.29, 0.717) is 10.5 Å². The van der Waals surface area contributed by atoms with Gasteiger partial charge in [-0.15, -0.1) is 0 Å². The fourth-order valence-corrected chi connectivity index (χ4v) is 3.01. The van der Waals surface area contributed by atoms with Crippen molar-refractivity contribution >= 4 is 39.2 Å². The SMILES string of the molecule is CC(C)O/C(=N/C(=O)Nc1ccc(Oc2ncc(Br)cn2)c(C(F)(F)F)c1)c1ccccc1[N+](=O)[O-]. The number of rotatable bonds is 6. The first-order chi connectivity index (χ1) is 16.9. The van der Waals surface area contributed by atoms with Crippen LogP contribution in [0.2, 0.25) is 0 Å². The molecule has 36 heavy (non-hydrogen) atoms. The molecule has 0 spiro atoms. The van der Waals surface area contributed by atoms with Gasteiger partial charge < -0.3 is 14.8 Å². The van der Waals surface area contributed by atoms with Crippen molar-refractivity contribution in [3.05, 3.63) is 80.6 Å². The number of carbonyl (C=O) groups is 1. The van der Waals surface area contributed by atoms with Gasteiger partial charge in [-0.1, -0.05) is 12.1 Å². The van der Waals surface area contributed by atoms with E-state index in [0.717, 1.165) is 12.1 Å². The van der Waals surface area contributed by atoms with Gasteiger partial charge >= 0.3 is 18.2 Å². The van der Waals surface area contributed by atoms with Crippen LogP contribution in [0.3, 0.4) is 0 Å². The van der Waals surface area contributed by atoms with Gasteiger partial charge in [0.25, 0.3) is 5.69 Å². The molecule has 0 aliphatic carbocycles. The average Bonchev–Trinajstić information content (AvgIpc) is 2.80. The quantitative estimate of drug-likeness (QED) is 0.159. The van der Waals surface area contributed by atoms with Crippen LogP contribution in [0, 0.1) is 10.1 Å². The van der Waals surface area contributed by atoms with E-state index in [2.05, 4.69) is 36.2 Å². The Kier molecular flexibility index (Phi) is 8.19. The van der Waals surface area contributed by atoms with Crippen LogP contribution in [-0.2, 0) is 10.9 Å². The second kappa shape index (κ2) is 11.1. The van der Waals surface area contributed by atoms with E-state index < -0.39 is 34.5 Å². The average molecular weight is 568 g/mol. The number of anilines is 1. The highest BCUT2D eigenvalue weighted by atomic mass is 79.9. The molecule has 0 atom stereocenters. The maximum atomic E-state index is 13.7. The lowest BCUT2D eigenvalue weighted by molar-refractivity contribution is -0.385. The highest BCUT2D eigenvalue weighted by Crippen LogP contribution is 2.39. The zero-order valence-corrected chi connectivity index (χ0v) is 20.2. The number of carbonyl (C=O) groups excluding carboxylic acids is 1. The number of nitrogens with zero attached hydrogens (tertiary/aromatic N) is 4. The number of ether oxygens (including phenoxy) is 2.